The van der Waals surface area contributed by atoms with Gasteiger partial charge in [0.1, 0.15) is 0 Å². The van der Waals surface area contributed by atoms with Crippen molar-refractivity contribution in [2.75, 3.05) is 19.8 Å². The highest BCUT2D eigenvalue weighted by Gasteiger charge is 2.41. The molecular weight excluding hydrogens is 294 g/mol. The summed E-state index contributed by atoms with van der Waals surface area (Å²) in [5, 5.41) is 12.4. The molecular formula is C18H25NO4. The van der Waals surface area contributed by atoms with Crippen molar-refractivity contribution in [2.24, 2.45) is 10.8 Å². The average Bonchev–Trinajstić information content (AvgIpc) is 2.54. The zero-order valence-corrected chi connectivity index (χ0v) is 13.8. The van der Waals surface area contributed by atoms with Crippen LogP contribution in [0.5, 0.6) is 0 Å². The Morgan fingerprint density at radius 2 is 1.83 bits per heavy atom. The van der Waals surface area contributed by atoms with Gasteiger partial charge in [0.15, 0.2) is 0 Å². The van der Waals surface area contributed by atoms with Crippen LogP contribution < -0.4 is 5.32 Å². The van der Waals surface area contributed by atoms with Gasteiger partial charge >= 0.3 is 5.97 Å². The van der Waals surface area contributed by atoms with Crippen molar-refractivity contribution >= 4 is 11.9 Å². The minimum atomic E-state index is -0.906. The lowest BCUT2D eigenvalue weighted by molar-refractivity contribution is -0.155. The molecule has 1 aliphatic rings. The summed E-state index contributed by atoms with van der Waals surface area (Å²) in [6.45, 7) is 4.77. The highest BCUT2D eigenvalue weighted by molar-refractivity contribution is 5.83. The van der Waals surface area contributed by atoms with E-state index in [1.807, 2.05) is 44.2 Å². The number of carbonyl (C=O) groups excluding carboxylic acids is 1. The number of hydrogen-bond donors (Lipinski definition) is 2. The number of carboxylic acid groups (broad SMARTS) is 1. The summed E-state index contributed by atoms with van der Waals surface area (Å²) in [5.41, 5.74) is -0.408. The Kier molecular flexibility index (Phi) is 5.42. The quantitative estimate of drug-likeness (QED) is 0.843. The summed E-state index contributed by atoms with van der Waals surface area (Å²) < 4.78 is 5.25. The van der Waals surface area contributed by atoms with Crippen molar-refractivity contribution in [1.29, 1.82) is 0 Å². The molecule has 0 unspecified atom stereocenters. The van der Waals surface area contributed by atoms with E-state index in [9.17, 15) is 14.7 Å². The Balaban J connectivity index is 1.98. The predicted molar refractivity (Wildman–Crippen MR) is 87.1 cm³/mol. The molecule has 2 rings (SSSR count). The Morgan fingerprint density at radius 3 is 2.39 bits per heavy atom. The molecule has 1 aromatic rings. The highest BCUT2D eigenvalue weighted by Crippen LogP contribution is 2.31. The van der Waals surface area contributed by atoms with Crippen molar-refractivity contribution in [3.8, 4) is 0 Å². The molecule has 2 N–H and O–H groups in total. The van der Waals surface area contributed by atoms with Crippen molar-refractivity contribution in [2.45, 2.75) is 33.1 Å². The number of aliphatic carboxylic acids is 1. The number of nitrogens with one attached hydrogen (secondary N) is 1. The van der Waals surface area contributed by atoms with Crippen LogP contribution in [0.15, 0.2) is 30.3 Å². The SMILES string of the molecule is CC(C)(Cc1ccccc1)C(=O)NCC1(C(=O)O)CCOCC1. The zero-order valence-electron chi connectivity index (χ0n) is 13.8. The Labute approximate surface area is 137 Å². The van der Waals surface area contributed by atoms with E-state index in [2.05, 4.69) is 5.32 Å². The highest BCUT2D eigenvalue weighted by atomic mass is 16.5. The third-order valence-electron chi connectivity index (χ3n) is 4.59. The first-order valence-electron chi connectivity index (χ1n) is 7.99. The fraction of sp³-hybridized carbons (Fsp3) is 0.556. The van der Waals surface area contributed by atoms with Crippen LogP contribution in [0.3, 0.4) is 0 Å². The number of carboxylic acids is 1. The van der Waals surface area contributed by atoms with Crippen LogP contribution in [-0.2, 0) is 20.7 Å². The smallest absolute Gasteiger partial charge is 0.311 e. The molecule has 1 aliphatic heterocycles. The van der Waals surface area contributed by atoms with Crippen LogP contribution in [0.1, 0.15) is 32.3 Å². The minimum Gasteiger partial charge on any atom is -0.481 e. The standard InChI is InChI=1S/C18H25NO4/c1-17(2,12-14-6-4-3-5-7-14)15(20)19-13-18(16(21)22)8-10-23-11-9-18/h3-7H,8-13H2,1-2H3,(H,19,20)(H,21,22). The third-order valence-corrected chi connectivity index (χ3v) is 4.59. The summed E-state index contributed by atoms with van der Waals surface area (Å²) in [7, 11) is 0. The van der Waals surface area contributed by atoms with Crippen molar-refractivity contribution in [1.82, 2.24) is 5.32 Å². The van der Waals surface area contributed by atoms with Crippen LogP contribution in [0.2, 0.25) is 0 Å². The number of amides is 1. The van der Waals surface area contributed by atoms with E-state index in [4.69, 9.17) is 4.74 Å². The molecule has 1 saturated heterocycles. The fourth-order valence-electron chi connectivity index (χ4n) is 2.90. The van der Waals surface area contributed by atoms with Gasteiger partial charge in [-0.15, -0.1) is 0 Å². The number of hydrogen-bond acceptors (Lipinski definition) is 3. The van der Waals surface area contributed by atoms with Gasteiger partial charge in [0.25, 0.3) is 0 Å². The van der Waals surface area contributed by atoms with E-state index in [-0.39, 0.29) is 12.5 Å². The molecule has 1 amide bonds. The third kappa shape index (κ3) is 4.32. The first kappa shape index (κ1) is 17.5. The second kappa shape index (κ2) is 7.13. The summed E-state index contributed by atoms with van der Waals surface area (Å²) in [4.78, 5) is 24.2. The van der Waals surface area contributed by atoms with E-state index >= 15 is 0 Å². The van der Waals surface area contributed by atoms with Gasteiger partial charge < -0.3 is 15.2 Å². The molecule has 0 aliphatic carbocycles. The first-order chi connectivity index (χ1) is 10.9. The van der Waals surface area contributed by atoms with E-state index in [0.29, 0.717) is 32.5 Å². The van der Waals surface area contributed by atoms with E-state index in [1.165, 1.54) is 0 Å². The van der Waals surface area contributed by atoms with Gasteiger partial charge in [-0.1, -0.05) is 44.2 Å². The van der Waals surface area contributed by atoms with E-state index in [1.54, 1.807) is 0 Å². The summed E-state index contributed by atoms with van der Waals surface area (Å²) >= 11 is 0. The van der Waals surface area contributed by atoms with Gasteiger partial charge in [-0.2, -0.15) is 0 Å². The van der Waals surface area contributed by atoms with Crippen molar-refractivity contribution < 1.29 is 19.4 Å². The predicted octanol–water partition coefficient (Wildman–Crippen LogP) is 2.25. The molecule has 5 nitrogen and oxygen atoms in total. The molecule has 0 spiro atoms. The second-order valence-electron chi connectivity index (χ2n) is 6.93. The molecule has 1 aromatic carbocycles. The lowest BCUT2D eigenvalue weighted by Crippen LogP contribution is -2.49. The molecule has 1 fully saturated rings. The minimum absolute atomic E-state index is 0.117. The van der Waals surface area contributed by atoms with Gasteiger partial charge in [0, 0.05) is 25.2 Å². The fourth-order valence-corrected chi connectivity index (χ4v) is 2.90. The number of ether oxygens (including phenoxy) is 1. The summed E-state index contributed by atoms with van der Waals surface area (Å²) in [5.74, 6) is -0.976. The van der Waals surface area contributed by atoms with Gasteiger partial charge in [-0.05, 0) is 24.8 Å². The van der Waals surface area contributed by atoms with Crippen LogP contribution in [0.25, 0.3) is 0 Å². The van der Waals surface area contributed by atoms with Gasteiger partial charge in [0.2, 0.25) is 5.91 Å². The number of benzene rings is 1. The molecule has 0 radical (unpaired) electrons. The Morgan fingerprint density at radius 1 is 1.22 bits per heavy atom. The van der Waals surface area contributed by atoms with E-state index in [0.717, 1.165) is 5.56 Å². The van der Waals surface area contributed by atoms with Gasteiger partial charge in [-0.25, -0.2) is 0 Å². The zero-order chi connectivity index (χ0) is 16.9. The van der Waals surface area contributed by atoms with Crippen LogP contribution in [-0.4, -0.2) is 36.7 Å². The molecule has 1 heterocycles. The Bertz CT molecular complexity index is 547. The van der Waals surface area contributed by atoms with Crippen molar-refractivity contribution in [3.63, 3.8) is 0 Å². The molecule has 5 heteroatoms. The lowest BCUT2D eigenvalue weighted by atomic mass is 9.79. The van der Waals surface area contributed by atoms with E-state index < -0.39 is 16.8 Å². The maximum absolute atomic E-state index is 12.5. The Hall–Kier alpha value is -1.88. The number of carbonyl (C=O) groups is 2. The second-order valence-corrected chi connectivity index (χ2v) is 6.93. The van der Waals surface area contributed by atoms with Gasteiger partial charge in [0.05, 0.1) is 5.41 Å². The summed E-state index contributed by atoms with van der Waals surface area (Å²) in [6.07, 6.45) is 1.48. The number of rotatable bonds is 6. The van der Waals surface area contributed by atoms with Crippen LogP contribution in [0, 0.1) is 10.8 Å². The maximum Gasteiger partial charge on any atom is 0.311 e. The van der Waals surface area contributed by atoms with Gasteiger partial charge in [-0.3, -0.25) is 9.59 Å². The monoisotopic (exact) mass is 319 g/mol. The summed E-state index contributed by atoms with van der Waals surface area (Å²) in [6, 6.07) is 9.83. The molecule has 0 bridgehead atoms. The molecule has 126 valence electrons. The topological polar surface area (TPSA) is 75.6 Å². The van der Waals surface area contributed by atoms with Crippen molar-refractivity contribution in [3.05, 3.63) is 35.9 Å². The normalized spacial score (nSPS) is 17.5. The molecule has 0 aromatic heterocycles. The van der Waals surface area contributed by atoms with Crippen LogP contribution in [0.4, 0.5) is 0 Å². The molecule has 0 atom stereocenters. The molecule has 0 saturated carbocycles. The first-order valence-corrected chi connectivity index (χ1v) is 7.99. The maximum atomic E-state index is 12.5. The lowest BCUT2D eigenvalue weighted by Gasteiger charge is -2.34. The average molecular weight is 319 g/mol. The largest absolute Gasteiger partial charge is 0.481 e. The molecule has 23 heavy (non-hydrogen) atoms. The van der Waals surface area contributed by atoms with Crippen LogP contribution >= 0.6 is 0 Å².